The fraction of sp³-hybridized carbons (Fsp3) is 0.150. The van der Waals surface area contributed by atoms with Gasteiger partial charge in [-0.2, -0.15) is 9.78 Å². The molecule has 0 bridgehead atoms. The van der Waals surface area contributed by atoms with Gasteiger partial charge in [-0.05, 0) is 48.9 Å². The van der Waals surface area contributed by atoms with Crippen LogP contribution in [0.5, 0.6) is 5.88 Å². The van der Waals surface area contributed by atoms with Gasteiger partial charge in [0.25, 0.3) is 5.56 Å². The van der Waals surface area contributed by atoms with Crippen LogP contribution in [0.15, 0.2) is 52.6 Å². The molecule has 29 heavy (non-hydrogen) atoms. The van der Waals surface area contributed by atoms with Gasteiger partial charge in [0.1, 0.15) is 0 Å². The first-order chi connectivity index (χ1) is 13.6. The molecule has 5 rings (SSSR count). The summed E-state index contributed by atoms with van der Waals surface area (Å²) in [6, 6.07) is 13.2. The van der Waals surface area contributed by atoms with Crippen LogP contribution in [-0.2, 0) is 13.0 Å². The maximum Gasteiger partial charge on any atom is 1.00 e. The molecule has 0 aliphatic carbocycles. The van der Waals surface area contributed by atoms with Gasteiger partial charge < -0.3 is 9.67 Å². The van der Waals surface area contributed by atoms with Crippen molar-refractivity contribution in [2.75, 3.05) is 0 Å². The van der Waals surface area contributed by atoms with Crippen molar-refractivity contribution >= 4 is 32.9 Å². The third kappa shape index (κ3) is 3.55. The van der Waals surface area contributed by atoms with Gasteiger partial charge >= 0.3 is 29.6 Å². The number of hydrogen-bond donors (Lipinski definition) is 0. The number of aromatic nitrogens is 4. The molecule has 0 N–H and O–H groups in total. The zero-order chi connectivity index (χ0) is 19.3. The van der Waals surface area contributed by atoms with E-state index in [0.717, 1.165) is 16.6 Å². The van der Waals surface area contributed by atoms with Crippen molar-refractivity contribution in [3.63, 3.8) is 0 Å². The van der Waals surface area contributed by atoms with Crippen LogP contribution in [0.2, 0.25) is 0 Å². The molecule has 0 radical (unpaired) electrons. The monoisotopic (exact) mass is 430 g/mol. The molecular formula is C20H15N4NaO2S2. The van der Waals surface area contributed by atoms with E-state index < -0.39 is 0 Å². The average Bonchev–Trinajstić information content (AvgIpc) is 3.40. The van der Waals surface area contributed by atoms with Crippen LogP contribution in [0.25, 0.3) is 26.6 Å². The molecule has 4 heterocycles. The van der Waals surface area contributed by atoms with Gasteiger partial charge in [0.2, 0.25) is 5.13 Å². The van der Waals surface area contributed by atoms with Gasteiger partial charge in [0, 0.05) is 17.1 Å². The third-order valence-corrected chi connectivity index (χ3v) is 6.74. The van der Waals surface area contributed by atoms with Crippen molar-refractivity contribution < 1.29 is 34.7 Å². The fourth-order valence-corrected chi connectivity index (χ4v) is 5.00. The molecule has 0 saturated carbocycles. The number of benzene rings is 1. The molecule has 0 atom stereocenters. The van der Waals surface area contributed by atoms with E-state index in [-0.39, 0.29) is 41.0 Å². The van der Waals surface area contributed by atoms with Gasteiger partial charge in [-0.15, -0.1) is 11.3 Å². The minimum absolute atomic E-state index is 0. The van der Waals surface area contributed by atoms with E-state index in [1.165, 1.54) is 27.0 Å². The van der Waals surface area contributed by atoms with E-state index in [1.54, 1.807) is 15.9 Å². The molecule has 0 spiro atoms. The summed E-state index contributed by atoms with van der Waals surface area (Å²) < 4.78 is 3.96. The summed E-state index contributed by atoms with van der Waals surface area (Å²) in [5.74, 6) is -0.143. The second-order valence-electron chi connectivity index (χ2n) is 6.49. The molecule has 2 aromatic heterocycles. The summed E-state index contributed by atoms with van der Waals surface area (Å²) in [6.45, 7) is 2.34. The Labute approximate surface area is 196 Å². The van der Waals surface area contributed by atoms with Crippen molar-refractivity contribution in [3.05, 3.63) is 68.8 Å². The maximum absolute atomic E-state index is 13.1. The summed E-state index contributed by atoms with van der Waals surface area (Å²) in [7, 11) is 0. The second kappa shape index (κ2) is 8.04. The van der Waals surface area contributed by atoms with Gasteiger partial charge in [-0.3, -0.25) is 4.79 Å². The first-order valence-corrected chi connectivity index (χ1v) is 10.5. The predicted octanol–water partition coefficient (Wildman–Crippen LogP) is 0.439. The van der Waals surface area contributed by atoms with Crippen LogP contribution in [0.4, 0.5) is 0 Å². The Morgan fingerprint density at radius 2 is 2.00 bits per heavy atom. The van der Waals surface area contributed by atoms with Crippen LogP contribution in [0, 0.1) is 6.92 Å². The average molecular weight is 430 g/mol. The van der Waals surface area contributed by atoms with Gasteiger partial charge in [0.05, 0.1) is 21.5 Å². The normalized spacial score (nSPS) is 11.2. The van der Waals surface area contributed by atoms with Crippen LogP contribution < -0.4 is 40.2 Å². The zero-order valence-electron chi connectivity index (χ0n) is 16.0. The molecule has 3 aromatic rings. The number of nitrogens with zero attached hydrogens (tertiary/aromatic N) is 4. The Morgan fingerprint density at radius 3 is 2.76 bits per heavy atom. The fourth-order valence-electron chi connectivity index (χ4n) is 3.39. The van der Waals surface area contributed by atoms with E-state index in [1.807, 2.05) is 48.7 Å². The Balaban J connectivity index is 0.00000205. The number of thiophene rings is 1. The first kappa shape index (κ1) is 20.3. The summed E-state index contributed by atoms with van der Waals surface area (Å²) in [4.78, 5) is 18.8. The van der Waals surface area contributed by atoms with Gasteiger partial charge in [0.15, 0.2) is 0 Å². The van der Waals surface area contributed by atoms with Crippen LogP contribution >= 0.6 is 22.7 Å². The number of thiazole rings is 1. The largest absolute Gasteiger partial charge is 1.00 e. The number of hydrogen-bond acceptors (Lipinski definition) is 6. The standard InChI is InChI=1S/C20H16N4O2S2.Na/c1-12-18-15(11-17(25)23(12)9-8-13-5-4-10-27-13)22-24(19(18)26)20-21-14-6-2-3-7-16(14)28-20;/h2-7,10-11,25H,8-9H2,1H3;/q;+1/p-1. The molecule has 0 saturated heterocycles. The molecule has 2 aliphatic rings. The topological polar surface area (TPSA) is 75.8 Å². The smallest absolute Gasteiger partial charge is 0.860 e. The number of fused-ring (bicyclic) bond motifs is 2. The third-order valence-electron chi connectivity index (χ3n) is 4.79. The van der Waals surface area contributed by atoms with E-state index >= 15 is 0 Å². The molecule has 9 heteroatoms. The Kier molecular flexibility index (Phi) is 5.63. The zero-order valence-corrected chi connectivity index (χ0v) is 19.6. The molecule has 0 amide bonds. The number of aryl methyl sites for hydroxylation is 1. The minimum Gasteiger partial charge on any atom is -0.860 e. The minimum atomic E-state index is -0.239. The van der Waals surface area contributed by atoms with Crippen molar-refractivity contribution in [1.29, 1.82) is 0 Å². The molecule has 2 aliphatic heterocycles. The Bertz CT molecular complexity index is 1290. The van der Waals surface area contributed by atoms with E-state index in [2.05, 4.69) is 10.1 Å². The van der Waals surface area contributed by atoms with E-state index in [4.69, 9.17) is 0 Å². The van der Waals surface area contributed by atoms with Crippen LogP contribution in [0.1, 0.15) is 10.6 Å². The number of pyridine rings is 1. The van der Waals surface area contributed by atoms with Crippen LogP contribution in [-0.4, -0.2) is 19.3 Å². The van der Waals surface area contributed by atoms with Crippen LogP contribution in [0.3, 0.4) is 0 Å². The Hall–Kier alpha value is -1.97. The summed E-state index contributed by atoms with van der Waals surface area (Å²) in [5, 5.41) is 19.5. The van der Waals surface area contributed by atoms with Crippen molar-refractivity contribution in [2.24, 2.45) is 0 Å². The second-order valence-corrected chi connectivity index (χ2v) is 8.53. The first-order valence-electron chi connectivity index (χ1n) is 8.80. The SMILES string of the molecule is Cc1c2c(=O)n(-c3nc4ccccc4s3)nc-2cc([O-])n1CCc1cccs1.[Na+]. The summed E-state index contributed by atoms with van der Waals surface area (Å²) in [6.07, 6.45) is 0.754. The Morgan fingerprint density at radius 1 is 1.17 bits per heavy atom. The van der Waals surface area contributed by atoms with Crippen molar-refractivity contribution in [2.45, 2.75) is 19.9 Å². The summed E-state index contributed by atoms with van der Waals surface area (Å²) >= 11 is 3.07. The quantitative estimate of drug-likeness (QED) is 0.388. The van der Waals surface area contributed by atoms with Gasteiger partial charge in [-0.25, -0.2) is 4.98 Å². The number of rotatable bonds is 4. The summed E-state index contributed by atoms with van der Waals surface area (Å²) in [5.41, 5.74) is 2.13. The molecule has 140 valence electrons. The molecule has 1 aromatic carbocycles. The molecule has 0 unspecified atom stereocenters. The predicted molar refractivity (Wildman–Crippen MR) is 110 cm³/mol. The molecular weight excluding hydrogens is 415 g/mol. The maximum atomic E-state index is 13.1. The van der Waals surface area contributed by atoms with Crippen molar-refractivity contribution in [3.8, 4) is 22.3 Å². The van der Waals surface area contributed by atoms with E-state index in [0.29, 0.717) is 28.6 Å². The molecule has 0 fully saturated rings. The van der Waals surface area contributed by atoms with Crippen molar-refractivity contribution in [1.82, 2.24) is 19.3 Å². The van der Waals surface area contributed by atoms with Gasteiger partial charge in [-0.1, -0.05) is 29.5 Å². The molecule has 6 nitrogen and oxygen atoms in total. The number of para-hydroxylation sites is 1. The van der Waals surface area contributed by atoms with E-state index in [9.17, 15) is 9.90 Å².